The lowest BCUT2D eigenvalue weighted by Gasteiger charge is -2.25. The normalized spacial score (nSPS) is 14.1. The van der Waals surface area contributed by atoms with Crippen molar-refractivity contribution in [1.29, 1.82) is 0 Å². The number of para-hydroxylation sites is 1. The largest absolute Gasteiger partial charge is 0.493 e. The van der Waals surface area contributed by atoms with Crippen molar-refractivity contribution in [2.24, 2.45) is 4.99 Å². The van der Waals surface area contributed by atoms with Gasteiger partial charge in [0.05, 0.1) is 36.7 Å². The Morgan fingerprint density at radius 1 is 0.780 bits per heavy atom. The second-order valence-electron chi connectivity index (χ2n) is 10.2. The minimum absolute atomic E-state index is 0.0441. The van der Waals surface area contributed by atoms with E-state index in [2.05, 4.69) is 0 Å². The molecular weight excluding hydrogens is 520 g/mol. The van der Waals surface area contributed by atoms with Gasteiger partial charge in [-0.3, -0.25) is 23.6 Å². The van der Waals surface area contributed by atoms with E-state index >= 15 is 0 Å². The van der Waals surface area contributed by atoms with Crippen LogP contribution in [0.4, 0.5) is 5.69 Å². The number of hydrogen-bond donors (Lipinski definition) is 0. The molecule has 0 N–H and O–H groups in total. The molecule has 0 fully saturated rings. The number of amides is 2. The van der Waals surface area contributed by atoms with Crippen molar-refractivity contribution < 1.29 is 19.1 Å². The Hall–Kier alpha value is -4.92. The van der Waals surface area contributed by atoms with Crippen molar-refractivity contribution in [1.82, 2.24) is 14.0 Å². The maximum atomic E-state index is 14.1. The number of nitrogens with zero attached hydrogens (tertiary/aromatic N) is 4. The molecule has 9 heteroatoms. The van der Waals surface area contributed by atoms with E-state index in [1.54, 1.807) is 47.6 Å². The van der Waals surface area contributed by atoms with Crippen LogP contribution in [0.5, 0.6) is 11.5 Å². The monoisotopic (exact) mass is 550 g/mol. The van der Waals surface area contributed by atoms with Gasteiger partial charge in [-0.2, -0.15) is 0 Å². The predicted octanol–water partition coefficient (Wildman–Crippen LogP) is 4.04. The zero-order valence-electron chi connectivity index (χ0n) is 23.4. The predicted molar refractivity (Wildman–Crippen MR) is 154 cm³/mol. The van der Waals surface area contributed by atoms with E-state index in [0.717, 1.165) is 33.6 Å². The molecule has 2 amide bonds. The summed E-state index contributed by atoms with van der Waals surface area (Å²) >= 11 is 0. The fraction of sp³-hybridized carbons (Fsp3) is 0.250. The van der Waals surface area contributed by atoms with Gasteiger partial charge in [-0.1, -0.05) is 30.3 Å². The van der Waals surface area contributed by atoms with Crippen LogP contribution in [0.25, 0.3) is 11.3 Å². The Morgan fingerprint density at radius 2 is 1.41 bits per heavy atom. The lowest BCUT2D eigenvalue weighted by atomic mass is 9.97. The van der Waals surface area contributed by atoms with E-state index < -0.39 is 0 Å². The number of imide groups is 1. The number of rotatable bonds is 6. The number of fused-ring (bicyclic) bond motifs is 4. The Labute approximate surface area is 236 Å². The van der Waals surface area contributed by atoms with Crippen LogP contribution in [-0.2, 0) is 19.5 Å². The first kappa shape index (κ1) is 26.3. The fourth-order valence-electron chi connectivity index (χ4n) is 5.70. The maximum Gasteiger partial charge on any atom is 0.330 e. The van der Waals surface area contributed by atoms with E-state index in [-0.39, 0.29) is 30.6 Å². The molecule has 0 aliphatic carbocycles. The summed E-state index contributed by atoms with van der Waals surface area (Å²) in [6.45, 7) is 4.57. The molecule has 9 nitrogen and oxygen atoms in total. The molecule has 3 heterocycles. The molecule has 3 aromatic carbocycles. The first-order valence-electron chi connectivity index (χ1n) is 13.5. The molecule has 0 saturated heterocycles. The average Bonchev–Trinajstić information content (AvgIpc) is 3.22. The van der Waals surface area contributed by atoms with Crippen LogP contribution in [0.3, 0.4) is 0 Å². The third kappa shape index (κ3) is 4.34. The molecule has 4 aromatic rings. The molecule has 208 valence electrons. The van der Waals surface area contributed by atoms with E-state index in [1.807, 2.05) is 50.2 Å². The lowest BCUT2D eigenvalue weighted by molar-refractivity contribution is 0.0647. The highest BCUT2D eigenvalue weighted by Gasteiger charge is 2.35. The molecule has 0 bridgehead atoms. The smallest absolute Gasteiger partial charge is 0.330 e. The van der Waals surface area contributed by atoms with Crippen molar-refractivity contribution in [2.75, 3.05) is 20.8 Å². The van der Waals surface area contributed by atoms with Crippen molar-refractivity contribution >= 4 is 17.5 Å². The van der Waals surface area contributed by atoms with E-state index in [4.69, 9.17) is 14.5 Å². The highest BCUT2D eigenvalue weighted by Crippen LogP contribution is 2.37. The van der Waals surface area contributed by atoms with Gasteiger partial charge in [0.15, 0.2) is 11.5 Å². The van der Waals surface area contributed by atoms with Crippen LogP contribution in [-0.4, -0.2) is 46.6 Å². The lowest BCUT2D eigenvalue weighted by Crippen LogP contribution is -2.45. The van der Waals surface area contributed by atoms with Gasteiger partial charge in [0.25, 0.3) is 11.8 Å². The van der Waals surface area contributed by atoms with E-state index in [0.29, 0.717) is 41.1 Å². The summed E-state index contributed by atoms with van der Waals surface area (Å²) in [5.41, 5.74) is 6.30. The maximum absolute atomic E-state index is 14.1. The number of methoxy groups -OCH3 is 2. The Morgan fingerprint density at radius 3 is 2.05 bits per heavy atom. The number of carbonyl (C=O) groups is 2. The number of ether oxygens (including phenoxy) is 2. The molecule has 41 heavy (non-hydrogen) atoms. The van der Waals surface area contributed by atoms with Gasteiger partial charge in [-0.15, -0.1) is 0 Å². The van der Waals surface area contributed by atoms with Crippen molar-refractivity contribution in [3.63, 3.8) is 0 Å². The van der Waals surface area contributed by atoms with Gasteiger partial charge in [0.1, 0.15) is 5.49 Å². The van der Waals surface area contributed by atoms with Gasteiger partial charge >= 0.3 is 5.69 Å². The molecule has 0 atom stereocenters. The minimum atomic E-state index is -0.354. The minimum Gasteiger partial charge on any atom is -0.493 e. The SMILES string of the molecule is COc1cc2c(cc1OC)-c1cc(=Nc3c(C)cccc3C)n(CCN3C(=O)c4ccccc4C3=O)c(=O)n1CC2. The van der Waals surface area contributed by atoms with Gasteiger partial charge in [0, 0.05) is 31.3 Å². The summed E-state index contributed by atoms with van der Waals surface area (Å²) in [6.07, 6.45) is 0.633. The number of carbonyl (C=O) groups excluding carboxylic acids is 2. The molecule has 1 aromatic heterocycles. The topological polar surface area (TPSA) is 95.1 Å². The van der Waals surface area contributed by atoms with Crippen LogP contribution in [0.2, 0.25) is 0 Å². The van der Waals surface area contributed by atoms with E-state index in [1.165, 1.54) is 4.90 Å². The molecule has 0 radical (unpaired) electrons. The number of aromatic nitrogens is 2. The van der Waals surface area contributed by atoms with Crippen LogP contribution < -0.4 is 20.7 Å². The fourth-order valence-corrected chi connectivity index (χ4v) is 5.70. The summed E-state index contributed by atoms with van der Waals surface area (Å²) in [5, 5.41) is 0. The summed E-state index contributed by atoms with van der Waals surface area (Å²) in [7, 11) is 3.18. The summed E-state index contributed by atoms with van der Waals surface area (Å²) in [6, 6.07) is 18.5. The molecular formula is C32H30N4O5. The Balaban J connectivity index is 1.50. The Kier molecular flexibility index (Phi) is 6.57. The quantitative estimate of drug-likeness (QED) is 0.338. The molecule has 2 aliphatic rings. The second kappa shape index (κ2) is 10.2. The average molecular weight is 551 g/mol. The summed E-state index contributed by atoms with van der Waals surface area (Å²) in [5.74, 6) is 0.497. The van der Waals surface area contributed by atoms with Gasteiger partial charge in [-0.05, 0) is 61.2 Å². The third-order valence-corrected chi connectivity index (χ3v) is 7.88. The zero-order valence-corrected chi connectivity index (χ0v) is 23.4. The first-order valence-corrected chi connectivity index (χ1v) is 13.5. The van der Waals surface area contributed by atoms with Crippen LogP contribution in [0.15, 0.2) is 70.5 Å². The van der Waals surface area contributed by atoms with Gasteiger partial charge in [0.2, 0.25) is 0 Å². The third-order valence-electron chi connectivity index (χ3n) is 7.88. The standard InChI is InChI=1S/C32H30N4O5/c1-19-8-7-9-20(2)29(19)33-28-18-25-24-17-27(41-4)26(40-3)16-21(24)12-13-34(25)32(39)35(28)14-15-36-30(37)22-10-5-6-11-23(22)31(36)38/h5-11,16-18H,12-15H2,1-4H3. The van der Waals surface area contributed by atoms with Crippen LogP contribution in [0.1, 0.15) is 37.4 Å². The first-order chi connectivity index (χ1) is 19.8. The number of hydrogen-bond acceptors (Lipinski definition) is 6. The van der Waals surface area contributed by atoms with Crippen LogP contribution in [0, 0.1) is 13.8 Å². The van der Waals surface area contributed by atoms with Crippen molar-refractivity contribution in [3.05, 3.63) is 104 Å². The number of benzene rings is 3. The van der Waals surface area contributed by atoms with E-state index in [9.17, 15) is 14.4 Å². The molecule has 2 aliphatic heterocycles. The molecule has 0 spiro atoms. The van der Waals surface area contributed by atoms with Crippen LogP contribution >= 0.6 is 0 Å². The zero-order chi connectivity index (χ0) is 28.8. The highest BCUT2D eigenvalue weighted by atomic mass is 16.5. The summed E-state index contributed by atoms with van der Waals surface area (Å²) in [4.78, 5) is 46.3. The highest BCUT2D eigenvalue weighted by molar-refractivity contribution is 6.21. The second-order valence-corrected chi connectivity index (χ2v) is 10.2. The molecule has 0 saturated carbocycles. The molecule has 0 unspecified atom stereocenters. The summed E-state index contributed by atoms with van der Waals surface area (Å²) < 4.78 is 14.4. The number of aryl methyl sites for hydroxylation is 3. The van der Waals surface area contributed by atoms with Crippen molar-refractivity contribution in [2.45, 2.75) is 33.4 Å². The Bertz CT molecular complexity index is 1810. The van der Waals surface area contributed by atoms with Gasteiger partial charge < -0.3 is 9.47 Å². The molecule has 6 rings (SSSR count). The van der Waals surface area contributed by atoms with Gasteiger partial charge in [-0.25, -0.2) is 9.79 Å². The van der Waals surface area contributed by atoms with Crippen molar-refractivity contribution in [3.8, 4) is 22.8 Å².